The molecule has 0 amide bonds. The van der Waals surface area contributed by atoms with Crippen LogP contribution in [0.3, 0.4) is 0 Å². The van der Waals surface area contributed by atoms with Crippen molar-refractivity contribution < 1.29 is 0 Å². The molecular weight excluding hydrogens is 232 g/mol. The Bertz CT molecular complexity index is 244. The summed E-state index contributed by atoms with van der Waals surface area (Å²) in [5.74, 6) is 1.79. The van der Waals surface area contributed by atoms with E-state index in [9.17, 15) is 0 Å². The molecule has 1 saturated heterocycles. The van der Waals surface area contributed by atoms with Crippen LogP contribution >= 0.6 is 0 Å². The predicted octanol–water partition coefficient (Wildman–Crippen LogP) is 3.67. The minimum absolute atomic E-state index is 0.837. The van der Waals surface area contributed by atoms with Crippen molar-refractivity contribution >= 4 is 0 Å². The van der Waals surface area contributed by atoms with E-state index in [1.165, 1.54) is 64.6 Å². The fourth-order valence-electron chi connectivity index (χ4n) is 3.55. The summed E-state index contributed by atoms with van der Waals surface area (Å²) >= 11 is 0. The Morgan fingerprint density at radius 1 is 1.16 bits per heavy atom. The molecule has 2 rings (SSSR count). The maximum absolute atomic E-state index is 3.58. The molecule has 3 unspecified atom stereocenters. The fourth-order valence-corrected chi connectivity index (χ4v) is 3.55. The molecule has 3 atom stereocenters. The summed E-state index contributed by atoms with van der Waals surface area (Å²) in [5.41, 5.74) is 0. The molecule has 1 N–H and O–H groups in total. The maximum atomic E-state index is 3.58. The summed E-state index contributed by atoms with van der Waals surface area (Å²) in [6, 6.07) is 1.76. The topological polar surface area (TPSA) is 15.3 Å². The van der Waals surface area contributed by atoms with Gasteiger partial charge < -0.3 is 5.32 Å². The van der Waals surface area contributed by atoms with Crippen LogP contribution in [-0.4, -0.2) is 36.6 Å². The summed E-state index contributed by atoms with van der Waals surface area (Å²) in [7, 11) is 0. The number of rotatable bonds is 8. The standard InChI is InChI=1S/C17H34N2/c1-4-14(3)11-16(5-2)19(17-8-9-17)13-15-7-6-10-18-12-15/h14-18H,4-13H2,1-3H3. The molecule has 0 radical (unpaired) electrons. The van der Waals surface area contributed by atoms with Gasteiger partial charge in [-0.15, -0.1) is 0 Å². The highest BCUT2D eigenvalue weighted by atomic mass is 15.2. The molecule has 112 valence electrons. The Morgan fingerprint density at radius 2 is 1.95 bits per heavy atom. The lowest BCUT2D eigenvalue weighted by molar-refractivity contribution is 0.122. The third-order valence-corrected chi connectivity index (χ3v) is 5.20. The first-order valence-electron chi connectivity index (χ1n) is 8.71. The van der Waals surface area contributed by atoms with Gasteiger partial charge in [0.05, 0.1) is 0 Å². The zero-order valence-electron chi connectivity index (χ0n) is 13.3. The lowest BCUT2D eigenvalue weighted by Crippen LogP contribution is -2.44. The van der Waals surface area contributed by atoms with E-state index in [4.69, 9.17) is 0 Å². The van der Waals surface area contributed by atoms with Crippen molar-refractivity contribution in [3.63, 3.8) is 0 Å². The summed E-state index contributed by atoms with van der Waals surface area (Å²) in [5, 5.41) is 3.58. The van der Waals surface area contributed by atoms with Crippen LogP contribution < -0.4 is 5.32 Å². The highest BCUT2D eigenvalue weighted by molar-refractivity contribution is 4.90. The van der Waals surface area contributed by atoms with Crippen molar-refractivity contribution in [1.29, 1.82) is 0 Å². The third kappa shape index (κ3) is 4.75. The molecule has 19 heavy (non-hydrogen) atoms. The first-order chi connectivity index (χ1) is 9.24. The molecule has 1 aliphatic heterocycles. The van der Waals surface area contributed by atoms with Gasteiger partial charge >= 0.3 is 0 Å². The van der Waals surface area contributed by atoms with Crippen LogP contribution in [0, 0.1) is 11.8 Å². The largest absolute Gasteiger partial charge is 0.316 e. The van der Waals surface area contributed by atoms with Crippen LogP contribution in [0.5, 0.6) is 0 Å². The predicted molar refractivity (Wildman–Crippen MR) is 83.5 cm³/mol. The van der Waals surface area contributed by atoms with E-state index >= 15 is 0 Å². The number of hydrogen-bond donors (Lipinski definition) is 1. The average Bonchev–Trinajstić information content (AvgIpc) is 3.28. The number of hydrogen-bond acceptors (Lipinski definition) is 2. The second-order valence-corrected chi connectivity index (χ2v) is 6.95. The molecule has 2 nitrogen and oxygen atoms in total. The van der Waals surface area contributed by atoms with Crippen LogP contribution in [0.25, 0.3) is 0 Å². The van der Waals surface area contributed by atoms with Crippen molar-refractivity contribution in [2.45, 2.75) is 77.8 Å². The normalized spacial score (nSPS) is 27.5. The van der Waals surface area contributed by atoms with Crippen LogP contribution in [0.2, 0.25) is 0 Å². The summed E-state index contributed by atoms with van der Waals surface area (Å²) < 4.78 is 0. The SMILES string of the molecule is CCC(C)CC(CC)N(CC1CCCNC1)C1CC1. The molecule has 0 spiro atoms. The van der Waals surface area contributed by atoms with Gasteiger partial charge in [0.25, 0.3) is 0 Å². The Balaban J connectivity index is 1.88. The molecule has 0 bridgehead atoms. The van der Waals surface area contributed by atoms with E-state index in [1.807, 2.05) is 0 Å². The first kappa shape index (κ1) is 15.3. The fraction of sp³-hybridized carbons (Fsp3) is 1.00. The molecule has 2 aliphatic rings. The molecule has 1 aliphatic carbocycles. The molecule has 0 aromatic rings. The van der Waals surface area contributed by atoms with Gasteiger partial charge in [0, 0.05) is 18.6 Å². The second kappa shape index (κ2) is 7.64. The van der Waals surface area contributed by atoms with Crippen LogP contribution in [-0.2, 0) is 0 Å². The van der Waals surface area contributed by atoms with Crippen molar-refractivity contribution in [3.05, 3.63) is 0 Å². The van der Waals surface area contributed by atoms with Crippen molar-refractivity contribution in [1.82, 2.24) is 10.2 Å². The highest BCUT2D eigenvalue weighted by Gasteiger charge is 2.35. The van der Waals surface area contributed by atoms with Crippen LogP contribution in [0.4, 0.5) is 0 Å². The summed E-state index contributed by atoms with van der Waals surface area (Å²) in [6.07, 6.45) is 9.81. The minimum atomic E-state index is 0.837. The van der Waals surface area contributed by atoms with Gasteiger partial charge in [0.1, 0.15) is 0 Å². The van der Waals surface area contributed by atoms with E-state index < -0.39 is 0 Å². The highest BCUT2D eigenvalue weighted by Crippen LogP contribution is 2.33. The molecule has 0 aromatic heterocycles. The molecular formula is C17H34N2. The average molecular weight is 266 g/mol. The van der Waals surface area contributed by atoms with Crippen LogP contribution in [0.15, 0.2) is 0 Å². The Kier molecular flexibility index (Phi) is 6.15. The first-order valence-corrected chi connectivity index (χ1v) is 8.71. The van der Waals surface area contributed by atoms with Gasteiger partial charge in [-0.25, -0.2) is 0 Å². The van der Waals surface area contributed by atoms with Crippen molar-refractivity contribution in [3.8, 4) is 0 Å². The molecule has 2 fully saturated rings. The quantitative estimate of drug-likeness (QED) is 0.721. The molecule has 2 heteroatoms. The molecule has 1 saturated carbocycles. The van der Waals surface area contributed by atoms with E-state index in [0.29, 0.717) is 0 Å². The number of piperidine rings is 1. The zero-order valence-corrected chi connectivity index (χ0v) is 13.3. The monoisotopic (exact) mass is 266 g/mol. The Hall–Kier alpha value is -0.0800. The minimum Gasteiger partial charge on any atom is -0.316 e. The van der Waals surface area contributed by atoms with E-state index in [0.717, 1.165) is 23.9 Å². The summed E-state index contributed by atoms with van der Waals surface area (Å²) in [6.45, 7) is 11.0. The maximum Gasteiger partial charge on any atom is 0.00994 e. The second-order valence-electron chi connectivity index (χ2n) is 6.95. The summed E-state index contributed by atoms with van der Waals surface area (Å²) in [4.78, 5) is 2.89. The zero-order chi connectivity index (χ0) is 13.7. The number of nitrogens with one attached hydrogen (secondary N) is 1. The third-order valence-electron chi connectivity index (χ3n) is 5.20. The number of nitrogens with zero attached hydrogens (tertiary/aromatic N) is 1. The lowest BCUT2D eigenvalue weighted by Gasteiger charge is -2.37. The Labute approximate surface area is 120 Å². The van der Waals surface area contributed by atoms with Crippen molar-refractivity contribution in [2.24, 2.45) is 11.8 Å². The van der Waals surface area contributed by atoms with Gasteiger partial charge in [-0.2, -0.15) is 0 Å². The van der Waals surface area contributed by atoms with E-state index in [1.54, 1.807) is 0 Å². The van der Waals surface area contributed by atoms with Gasteiger partial charge in [0.15, 0.2) is 0 Å². The van der Waals surface area contributed by atoms with Gasteiger partial charge in [0.2, 0.25) is 0 Å². The Morgan fingerprint density at radius 3 is 2.47 bits per heavy atom. The molecule has 0 aromatic carbocycles. The van der Waals surface area contributed by atoms with Crippen LogP contribution in [0.1, 0.15) is 65.7 Å². The lowest BCUT2D eigenvalue weighted by atomic mass is 9.93. The smallest absolute Gasteiger partial charge is 0.00994 e. The van der Waals surface area contributed by atoms with Gasteiger partial charge in [-0.05, 0) is 63.5 Å². The molecule has 1 heterocycles. The van der Waals surface area contributed by atoms with Gasteiger partial charge in [-0.3, -0.25) is 4.90 Å². The van der Waals surface area contributed by atoms with Crippen molar-refractivity contribution in [2.75, 3.05) is 19.6 Å². The van der Waals surface area contributed by atoms with E-state index in [-0.39, 0.29) is 0 Å². The van der Waals surface area contributed by atoms with E-state index in [2.05, 4.69) is 31.0 Å². The van der Waals surface area contributed by atoms with Gasteiger partial charge in [-0.1, -0.05) is 27.2 Å².